The van der Waals surface area contributed by atoms with Gasteiger partial charge in [0.15, 0.2) is 7.85 Å². The molecule has 0 aliphatic heterocycles. The molecule has 2 amide bonds. The summed E-state index contributed by atoms with van der Waals surface area (Å²) in [5.74, 6) is -6.62. The first-order chi connectivity index (χ1) is 18.4. The van der Waals surface area contributed by atoms with Crippen molar-refractivity contribution in [1.82, 2.24) is 15.3 Å². The molecule has 218 valence electrons. The first-order valence-corrected chi connectivity index (χ1v) is 12.2. The van der Waals surface area contributed by atoms with E-state index in [1.165, 1.54) is 0 Å². The summed E-state index contributed by atoms with van der Waals surface area (Å²) in [7, 11) is 1.11. The van der Waals surface area contributed by atoms with Crippen LogP contribution in [0.5, 0.6) is 5.75 Å². The normalized spacial score (nSPS) is 18.4. The molecule has 0 spiro atoms. The number of rotatable bonds is 8. The van der Waals surface area contributed by atoms with E-state index in [0.717, 1.165) is 32.6 Å². The lowest BCUT2D eigenvalue weighted by molar-refractivity contribution is -0.360. The Kier molecular flexibility index (Phi) is 9.14. The monoisotopic (exact) mass is 620 g/mol. The number of nitrogens with one attached hydrogen (secondary N) is 1. The molecule has 1 fully saturated rings. The number of benzene rings is 1. The fourth-order valence-corrected chi connectivity index (χ4v) is 4.39. The maximum atomic E-state index is 14.3. The van der Waals surface area contributed by atoms with Crippen LogP contribution in [0.25, 0.3) is 0 Å². The van der Waals surface area contributed by atoms with Crippen LogP contribution in [0.2, 0.25) is 5.02 Å². The summed E-state index contributed by atoms with van der Waals surface area (Å²) in [6, 6.07) is 1.02. The zero-order valence-corrected chi connectivity index (χ0v) is 21.8. The highest BCUT2D eigenvalue weighted by atomic mass is 35.5. The average Bonchev–Trinajstić information content (AvgIpc) is 2.86. The number of hydrogen-bond donors (Lipinski definition) is 1. The zero-order valence-electron chi connectivity index (χ0n) is 20.3. The fraction of sp³-hybridized carbons (Fsp3) is 0.455. The lowest BCUT2D eigenvalue weighted by atomic mass is 9.69. The van der Waals surface area contributed by atoms with Crippen LogP contribution in [0.4, 0.5) is 40.8 Å². The number of carbonyl (C=O) groups is 2. The topological polar surface area (TPSA) is 84.4 Å². The Morgan fingerprint density at radius 3 is 2.20 bits per heavy atom. The number of halogens is 10. The summed E-state index contributed by atoms with van der Waals surface area (Å²) in [4.78, 5) is 34.8. The highest BCUT2D eigenvalue weighted by Gasteiger charge is 2.61. The number of nitrogens with zero attached hydrogens (tertiary/aromatic N) is 3. The molecule has 1 aliphatic rings. The number of carbonyl (C=O) groups excluding carboxylic acids is 2. The third-order valence-electron chi connectivity index (χ3n) is 6.21. The van der Waals surface area contributed by atoms with Crippen LogP contribution in [-0.4, -0.2) is 59.5 Å². The number of ether oxygens (including phenoxy) is 1. The smallest absolute Gasteiger partial charge is 0.426 e. The van der Waals surface area contributed by atoms with Gasteiger partial charge in [-0.25, -0.2) is 23.1 Å². The van der Waals surface area contributed by atoms with Crippen LogP contribution in [0.3, 0.4) is 0 Å². The van der Waals surface area contributed by atoms with Crippen molar-refractivity contribution in [2.45, 2.75) is 61.0 Å². The van der Waals surface area contributed by atoms with Crippen molar-refractivity contribution in [2.24, 2.45) is 0 Å². The lowest BCUT2D eigenvalue weighted by Crippen LogP contribution is -2.62. The van der Waals surface area contributed by atoms with Gasteiger partial charge in [-0.2, -0.15) is 22.0 Å². The third-order valence-corrected chi connectivity index (χ3v) is 6.70. The molecule has 0 bridgehead atoms. The lowest BCUT2D eigenvalue weighted by Gasteiger charge is -2.42. The van der Waals surface area contributed by atoms with Crippen molar-refractivity contribution in [3.8, 4) is 5.75 Å². The molecule has 1 aliphatic carbocycles. The Morgan fingerprint density at radius 2 is 1.70 bits per heavy atom. The highest BCUT2D eigenvalue weighted by Crippen LogP contribution is 2.42. The van der Waals surface area contributed by atoms with Crippen molar-refractivity contribution in [3.63, 3.8) is 0 Å². The van der Waals surface area contributed by atoms with E-state index in [0.29, 0.717) is 17.0 Å². The van der Waals surface area contributed by atoms with Crippen LogP contribution in [0, 0.1) is 0 Å². The first-order valence-electron chi connectivity index (χ1n) is 11.4. The van der Waals surface area contributed by atoms with E-state index in [2.05, 4.69) is 20.0 Å². The SMILES string of the molecule is B[C@](C(=O)NC1CCC(F)(F)CC1)(c1cncnc1)N(C(=O)[C@H](F)Cl)c1ccc(OC(F)(F)C(F)(F)F)cc1Cl. The van der Waals surface area contributed by atoms with Crippen LogP contribution in [0.15, 0.2) is 36.9 Å². The number of anilines is 1. The van der Waals surface area contributed by atoms with Gasteiger partial charge in [-0.05, 0) is 25.0 Å². The summed E-state index contributed by atoms with van der Waals surface area (Å²) in [6.45, 7) is 0. The third kappa shape index (κ3) is 6.70. The van der Waals surface area contributed by atoms with E-state index in [1.54, 1.807) is 0 Å². The predicted molar refractivity (Wildman–Crippen MR) is 129 cm³/mol. The van der Waals surface area contributed by atoms with E-state index >= 15 is 0 Å². The van der Waals surface area contributed by atoms with Crippen LogP contribution < -0.4 is 15.0 Å². The second kappa shape index (κ2) is 11.5. The summed E-state index contributed by atoms with van der Waals surface area (Å²) in [6.07, 6.45) is -9.78. The quantitative estimate of drug-likeness (QED) is 0.263. The molecule has 1 heterocycles. The van der Waals surface area contributed by atoms with Gasteiger partial charge in [0.1, 0.15) is 17.5 Å². The van der Waals surface area contributed by atoms with Gasteiger partial charge in [-0.15, -0.1) is 0 Å². The van der Waals surface area contributed by atoms with Crippen molar-refractivity contribution >= 4 is 48.5 Å². The summed E-state index contributed by atoms with van der Waals surface area (Å²) >= 11 is 11.5. The van der Waals surface area contributed by atoms with E-state index in [1.807, 2.05) is 0 Å². The highest BCUT2D eigenvalue weighted by molar-refractivity contribution is 6.40. The van der Waals surface area contributed by atoms with Crippen molar-refractivity contribution < 1.29 is 49.4 Å². The molecule has 1 saturated carbocycles. The molecule has 2 atom stereocenters. The molecule has 3 rings (SSSR count). The summed E-state index contributed by atoms with van der Waals surface area (Å²) in [5.41, 5.74) is -5.78. The molecule has 18 heteroatoms. The maximum absolute atomic E-state index is 14.3. The van der Waals surface area contributed by atoms with Gasteiger partial charge in [0, 0.05) is 42.9 Å². The molecular weight excluding hydrogens is 602 g/mol. The van der Waals surface area contributed by atoms with Gasteiger partial charge in [-0.3, -0.25) is 14.5 Å². The minimum Gasteiger partial charge on any atom is -0.426 e. The fourth-order valence-electron chi connectivity index (χ4n) is 4.04. The molecule has 1 aromatic carbocycles. The molecule has 0 saturated heterocycles. The Morgan fingerprint density at radius 1 is 1.12 bits per heavy atom. The maximum Gasteiger partial charge on any atom is 0.499 e. The molecule has 1 aromatic heterocycles. The average molecular weight is 621 g/mol. The number of alkyl halides is 9. The predicted octanol–water partition coefficient (Wildman–Crippen LogP) is 4.71. The van der Waals surface area contributed by atoms with Gasteiger partial charge in [0.05, 0.1) is 10.7 Å². The van der Waals surface area contributed by atoms with Gasteiger partial charge in [-0.1, -0.05) is 23.2 Å². The van der Waals surface area contributed by atoms with E-state index in [4.69, 9.17) is 23.2 Å². The van der Waals surface area contributed by atoms with E-state index in [-0.39, 0.29) is 18.4 Å². The van der Waals surface area contributed by atoms with Gasteiger partial charge < -0.3 is 10.1 Å². The summed E-state index contributed by atoms with van der Waals surface area (Å²) in [5, 5.41) is 1.83. The van der Waals surface area contributed by atoms with E-state index in [9.17, 15) is 44.7 Å². The number of amides is 2. The van der Waals surface area contributed by atoms with E-state index < -0.39 is 76.4 Å². The molecule has 2 aromatic rings. The second-order valence-corrected chi connectivity index (χ2v) is 9.80. The molecule has 1 N–H and O–H groups in total. The number of aromatic nitrogens is 2. The van der Waals surface area contributed by atoms with Gasteiger partial charge in [0.25, 0.3) is 11.5 Å². The van der Waals surface area contributed by atoms with Crippen molar-refractivity contribution in [1.29, 1.82) is 0 Å². The molecule has 7 nitrogen and oxygen atoms in total. The standard InChI is InChI=1S/C22H19BCl2F8N4O3/c23-20(11-8-34-10-35-9-11,18(39)36-12-3-5-19(27,28)6-4-12)37(17(38)16(25)26)15-2-1-13(7-14(15)24)40-22(32,33)21(29,30)31/h1-2,7-10,12,16H,3-6,23H2,(H,36,39)/t16-,20+/m0/s1. The first kappa shape index (κ1) is 31.6. The largest absolute Gasteiger partial charge is 0.499 e. The minimum atomic E-state index is -6.08. The second-order valence-electron chi connectivity index (χ2n) is 9.01. The zero-order chi connectivity index (χ0) is 30.1. The minimum absolute atomic E-state index is 0.129. The number of hydrogen-bond acceptors (Lipinski definition) is 5. The van der Waals surface area contributed by atoms with Crippen molar-refractivity contribution in [2.75, 3.05) is 4.90 Å². The molecular formula is C22H19BCl2F8N4O3. The van der Waals surface area contributed by atoms with Crippen LogP contribution in [-0.2, 0) is 15.0 Å². The van der Waals surface area contributed by atoms with Gasteiger partial charge in [0.2, 0.25) is 11.8 Å². The van der Waals surface area contributed by atoms with Crippen molar-refractivity contribution in [3.05, 3.63) is 47.5 Å². The molecule has 0 radical (unpaired) electrons. The summed E-state index contributed by atoms with van der Waals surface area (Å²) < 4.78 is 110. The van der Waals surface area contributed by atoms with Crippen LogP contribution in [0.1, 0.15) is 31.2 Å². The molecule has 0 unspecified atom stereocenters. The molecule has 40 heavy (non-hydrogen) atoms. The van der Waals surface area contributed by atoms with Crippen LogP contribution >= 0.6 is 23.2 Å². The Balaban J connectivity index is 2.09. The Labute approximate surface area is 232 Å². The Bertz CT molecular complexity index is 1230. The Hall–Kier alpha value is -2.88. The van der Waals surface area contributed by atoms with Gasteiger partial charge >= 0.3 is 12.3 Å².